The minimum absolute atomic E-state index is 0.295. The van der Waals surface area contributed by atoms with Gasteiger partial charge in [-0.25, -0.2) is 14.2 Å². The number of halogens is 1. The minimum Gasteiger partial charge on any atom is -0.452 e. The second-order valence-corrected chi connectivity index (χ2v) is 7.96. The van der Waals surface area contributed by atoms with Gasteiger partial charge < -0.3 is 10.1 Å². The van der Waals surface area contributed by atoms with Crippen LogP contribution < -0.4 is 5.32 Å². The molecule has 0 saturated heterocycles. The lowest BCUT2D eigenvalue weighted by atomic mass is 9.89. The lowest BCUT2D eigenvalue weighted by Crippen LogP contribution is -2.33. The zero-order valence-electron chi connectivity index (χ0n) is 17.3. The summed E-state index contributed by atoms with van der Waals surface area (Å²) in [6.07, 6.45) is 5.95. The van der Waals surface area contributed by atoms with Gasteiger partial charge in [0.15, 0.2) is 6.61 Å². The van der Waals surface area contributed by atoms with Gasteiger partial charge >= 0.3 is 5.97 Å². The van der Waals surface area contributed by atoms with E-state index in [9.17, 15) is 14.0 Å². The maximum absolute atomic E-state index is 13.3. The Morgan fingerprint density at radius 1 is 1.03 bits per heavy atom. The van der Waals surface area contributed by atoms with Crippen molar-refractivity contribution >= 4 is 22.8 Å². The van der Waals surface area contributed by atoms with Crippen molar-refractivity contribution in [2.45, 2.75) is 32.1 Å². The van der Waals surface area contributed by atoms with Crippen molar-refractivity contribution in [1.82, 2.24) is 10.3 Å². The van der Waals surface area contributed by atoms with Gasteiger partial charge in [0.25, 0.3) is 5.91 Å². The molecule has 1 amide bonds. The number of carbonyl (C=O) groups excluding carboxylic acids is 2. The van der Waals surface area contributed by atoms with E-state index in [1.807, 2.05) is 12.1 Å². The van der Waals surface area contributed by atoms with Crippen molar-refractivity contribution in [2.24, 2.45) is 5.92 Å². The molecule has 5 nitrogen and oxygen atoms in total. The highest BCUT2D eigenvalue weighted by Crippen LogP contribution is 2.26. The average Bonchev–Trinajstić information content (AvgIpc) is 2.81. The normalized spacial score (nSPS) is 14.4. The van der Waals surface area contributed by atoms with Crippen LogP contribution in [0.15, 0.2) is 54.6 Å². The second-order valence-electron chi connectivity index (χ2n) is 7.96. The van der Waals surface area contributed by atoms with Crippen LogP contribution in [0.3, 0.4) is 0 Å². The molecule has 4 rings (SSSR count). The van der Waals surface area contributed by atoms with E-state index in [0.29, 0.717) is 40.2 Å². The number of ether oxygens (including phenoxy) is 1. The molecule has 160 valence electrons. The smallest absolute Gasteiger partial charge is 0.339 e. The lowest BCUT2D eigenvalue weighted by Gasteiger charge is -2.21. The topological polar surface area (TPSA) is 68.3 Å². The Morgan fingerprint density at radius 2 is 1.77 bits per heavy atom. The van der Waals surface area contributed by atoms with Gasteiger partial charge in [0.2, 0.25) is 0 Å². The molecular formula is C25H25FN2O3. The van der Waals surface area contributed by atoms with E-state index in [0.717, 1.165) is 12.8 Å². The number of rotatable bonds is 6. The van der Waals surface area contributed by atoms with Crippen molar-refractivity contribution in [3.63, 3.8) is 0 Å². The summed E-state index contributed by atoms with van der Waals surface area (Å²) in [7, 11) is 0. The molecule has 1 N–H and O–H groups in total. The number of hydrogen-bond donors (Lipinski definition) is 1. The lowest BCUT2D eigenvalue weighted by molar-refractivity contribution is -0.124. The fraction of sp³-hybridized carbons (Fsp3) is 0.320. The van der Waals surface area contributed by atoms with Gasteiger partial charge in [-0.15, -0.1) is 0 Å². The molecule has 1 saturated carbocycles. The number of benzene rings is 2. The summed E-state index contributed by atoms with van der Waals surface area (Å²) < 4.78 is 18.6. The number of nitrogens with zero attached hydrogens (tertiary/aromatic N) is 1. The first-order valence-electron chi connectivity index (χ1n) is 10.7. The first kappa shape index (κ1) is 21.0. The molecule has 0 aliphatic heterocycles. The summed E-state index contributed by atoms with van der Waals surface area (Å²) in [6, 6.07) is 14.8. The van der Waals surface area contributed by atoms with Crippen molar-refractivity contribution in [2.75, 3.05) is 13.2 Å². The SMILES string of the molecule is O=C(COC(=O)c1cc(-c2ccc(F)cc2)nc2ccccc12)NCC1CCCCC1. The predicted octanol–water partition coefficient (Wildman–Crippen LogP) is 4.89. The van der Waals surface area contributed by atoms with E-state index in [1.54, 1.807) is 30.3 Å². The van der Waals surface area contributed by atoms with Gasteiger partial charge in [0.05, 0.1) is 16.8 Å². The second kappa shape index (κ2) is 9.69. The van der Waals surface area contributed by atoms with E-state index < -0.39 is 5.97 Å². The molecule has 31 heavy (non-hydrogen) atoms. The molecule has 0 spiro atoms. The Bertz CT molecular complexity index is 1080. The molecule has 1 heterocycles. The third-order valence-electron chi connectivity index (χ3n) is 5.72. The molecule has 2 aromatic carbocycles. The van der Waals surface area contributed by atoms with Crippen LogP contribution in [0.5, 0.6) is 0 Å². The summed E-state index contributed by atoms with van der Waals surface area (Å²) in [5, 5.41) is 3.51. The maximum atomic E-state index is 13.3. The molecule has 1 aromatic heterocycles. The fourth-order valence-electron chi connectivity index (χ4n) is 4.02. The van der Waals surface area contributed by atoms with Gasteiger partial charge in [0.1, 0.15) is 5.82 Å². The van der Waals surface area contributed by atoms with E-state index in [-0.39, 0.29) is 18.3 Å². The Hall–Kier alpha value is -3.28. The molecule has 3 aromatic rings. The van der Waals surface area contributed by atoms with Crippen LogP contribution in [0.1, 0.15) is 42.5 Å². The van der Waals surface area contributed by atoms with Gasteiger partial charge in [-0.3, -0.25) is 4.79 Å². The summed E-state index contributed by atoms with van der Waals surface area (Å²) in [4.78, 5) is 29.6. The molecule has 1 fully saturated rings. The Balaban J connectivity index is 1.47. The highest BCUT2D eigenvalue weighted by Gasteiger charge is 2.18. The Kier molecular flexibility index (Phi) is 6.55. The number of nitrogens with one attached hydrogen (secondary N) is 1. The van der Waals surface area contributed by atoms with Crippen LogP contribution in [0, 0.1) is 11.7 Å². The number of esters is 1. The molecule has 1 aliphatic carbocycles. The number of carbonyl (C=O) groups is 2. The van der Waals surface area contributed by atoms with E-state index in [4.69, 9.17) is 4.74 Å². The number of amides is 1. The third kappa shape index (κ3) is 5.26. The zero-order chi connectivity index (χ0) is 21.6. The first-order valence-corrected chi connectivity index (χ1v) is 10.7. The number of aromatic nitrogens is 1. The summed E-state index contributed by atoms with van der Waals surface area (Å²) >= 11 is 0. The number of hydrogen-bond acceptors (Lipinski definition) is 4. The number of para-hydroxylation sites is 1. The van der Waals surface area contributed by atoms with Crippen LogP contribution in [0.4, 0.5) is 4.39 Å². The molecule has 6 heteroatoms. The monoisotopic (exact) mass is 420 g/mol. The van der Waals surface area contributed by atoms with Crippen LogP contribution in [-0.2, 0) is 9.53 Å². The zero-order valence-corrected chi connectivity index (χ0v) is 17.3. The largest absolute Gasteiger partial charge is 0.452 e. The number of pyridine rings is 1. The molecule has 0 atom stereocenters. The van der Waals surface area contributed by atoms with E-state index >= 15 is 0 Å². The quantitative estimate of drug-likeness (QED) is 0.576. The summed E-state index contributed by atoms with van der Waals surface area (Å²) in [5.74, 6) is -0.718. The van der Waals surface area contributed by atoms with Gasteiger partial charge in [0, 0.05) is 17.5 Å². The van der Waals surface area contributed by atoms with Crippen molar-refractivity contribution in [3.05, 3.63) is 66.0 Å². The summed E-state index contributed by atoms with van der Waals surface area (Å²) in [5.41, 5.74) is 2.17. The number of fused-ring (bicyclic) bond motifs is 1. The van der Waals surface area contributed by atoms with Crippen LogP contribution in [0.2, 0.25) is 0 Å². The molecular weight excluding hydrogens is 395 g/mol. The highest BCUT2D eigenvalue weighted by atomic mass is 19.1. The van der Waals surface area contributed by atoms with Crippen LogP contribution in [0.25, 0.3) is 22.2 Å². The van der Waals surface area contributed by atoms with Crippen LogP contribution in [-0.4, -0.2) is 30.0 Å². The third-order valence-corrected chi connectivity index (χ3v) is 5.72. The molecule has 0 unspecified atom stereocenters. The van der Waals surface area contributed by atoms with Gasteiger partial charge in [-0.05, 0) is 55.2 Å². The van der Waals surface area contributed by atoms with E-state index in [2.05, 4.69) is 10.3 Å². The standard InChI is InChI=1S/C25H25FN2O3/c26-19-12-10-18(11-13-19)23-14-21(20-8-4-5-9-22(20)28-23)25(30)31-16-24(29)27-15-17-6-2-1-3-7-17/h4-5,8-14,17H,1-3,6-7,15-16H2,(H,27,29). The van der Waals surface area contributed by atoms with E-state index in [1.165, 1.54) is 31.4 Å². The van der Waals surface area contributed by atoms with Crippen molar-refractivity contribution < 1.29 is 18.7 Å². The average molecular weight is 420 g/mol. The molecule has 1 aliphatic rings. The Morgan fingerprint density at radius 3 is 2.55 bits per heavy atom. The molecule has 0 bridgehead atoms. The van der Waals surface area contributed by atoms with Crippen molar-refractivity contribution in [1.29, 1.82) is 0 Å². The highest BCUT2D eigenvalue weighted by molar-refractivity contribution is 6.05. The summed E-state index contributed by atoms with van der Waals surface area (Å²) in [6.45, 7) is 0.303. The van der Waals surface area contributed by atoms with Crippen molar-refractivity contribution in [3.8, 4) is 11.3 Å². The first-order chi connectivity index (χ1) is 15.1. The fourth-order valence-corrected chi connectivity index (χ4v) is 4.02. The maximum Gasteiger partial charge on any atom is 0.339 e. The predicted molar refractivity (Wildman–Crippen MR) is 117 cm³/mol. The van der Waals surface area contributed by atoms with Crippen LogP contribution >= 0.6 is 0 Å². The Labute approximate surface area is 180 Å². The van der Waals surface area contributed by atoms with Gasteiger partial charge in [-0.1, -0.05) is 37.5 Å². The molecule has 0 radical (unpaired) electrons. The van der Waals surface area contributed by atoms with Gasteiger partial charge in [-0.2, -0.15) is 0 Å². The minimum atomic E-state index is -0.588.